The lowest BCUT2D eigenvalue weighted by Crippen LogP contribution is -2.32. The average Bonchev–Trinajstić information content (AvgIpc) is 3.08. The van der Waals surface area contributed by atoms with Crippen LogP contribution in [0.5, 0.6) is 0 Å². The molecule has 0 saturated carbocycles. The fraction of sp³-hybridized carbons (Fsp3) is 0.304. The first-order chi connectivity index (χ1) is 13.2. The number of amides is 1. The smallest absolute Gasteiger partial charge is 0.224 e. The molecule has 3 aromatic rings. The van der Waals surface area contributed by atoms with E-state index < -0.39 is 0 Å². The molecular weight excluding hydrogens is 334 g/mol. The normalized spacial score (nSPS) is 16.0. The number of carbonyl (C=O) groups is 1. The van der Waals surface area contributed by atoms with Crippen LogP contribution in [0.25, 0.3) is 0 Å². The molecular formula is C23H25N3O. The van der Waals surface area contributed by atoms with Crippen molar-refractivity contribution in [2.45, 2.75) is 45.2 Å². The second-order valence-corrected chi connectivity index (χ2v) is 7.31. The Kier molecular flexibility index (Phi) is 5.05. The van der Waals surface area contributed by atoms with E-state index in [2.05, 4.69) is 52.4 Å². The molecule has 27 heavy (non-hydrogen) atoms. The van der Waals surface area contributed by atoms with E-state index in [1.165, 1.54) is 16.8 Å². The highest BCUT2D eigenvalue weighted by Crippen LogP contribution is 2.30. The Morgan fingerprint density at radius 2 is 1.93 bits per heavy atom. The lowest BCUT2D eigenvalue weighted by atomic mass is 9.92. The van der Waals surface area contributed by atoms with Crippen molar-refractivity contribution < 1.29 is 4.79 Å². The molecule has 138 valence electrons. The summed E-state index contributed by atoms with van der Waals surface area (Å²) in [6.07, 6.45) is 5.44. The minimum absolute atomic E-state index is 0.0646. The van der Waals surface area contributed by atoms with Crippen LogP contribution in [-0.4, -0.2) is 15.7 Å². The molecule has 0 radical (unpaired) electrons. The Balaban J connectivity index is 1.47. The molecule has 0 aliphatic heterocycles. The van der Waals surface area contributed by atoms with Gasteiger partial charge in [-0.2, -0.15) is 5.10 Å². The van der Waals surface area contributed by atoms with E-state index in [9.17, 15) is 4.79 Å². The third kappa shape index (κ3) is 3.95. The molecule has 0 unspecified atom stereocenters. The Morgan fingerprint density at radius 3 is 2.74 bits per heavy atom. The van der Waals surface area contributed by atoms with Crippen LogP contribution in [0.3, 0.4) is 0 Å². The van der Waals surface area contributed by atoms with Crippen LogP contribution < -0.4 is 5.32 Å². The maximum absolute atomic E-state index is 12.6. The number of fused-ring (bicyclic) bond motifs is 1. The molecule has 2 aromatic carbocycles. The van der Waals surface area contributed by atoms with Crippen LogP contribution in [-0.2, 0) is 24.2 Å². The average molecular weight is 359 g/mol. The number of hydrogen-bond acceptors (Lipinski definition) is 2. The maximum Gasteiger partial charge on any atom is 0.224 e. The first-order valence-corrected chi connectivity index (χ1v) is 9.63. The van der Waals surface area contributed by atoms with E-state index >= 15 is 0 Å². The van der Waals surface area contributed by atoms with Gasteiger partial charge in [0.15, 0.2) is 0 Å². The summed E-state index contributed by atoms with van der Waals surface area (Å²) in [7, 11) is 0. The summed E-state index contributed by atoms with van der Waals surface area (Å²) in [5, 5.41) is 7.85. The van der Waals surface area contributed by atoms with E-state index in [4.69, 9.17) is 0 Å². The second kappa shape index (κ2) is 7.78. The Morgan fingerprint density at radius 1 is 1.15 bits per heavy atom. The molecule has 1 aromatic heterocycles. The zero-order valence-corrected chi connectivity index (χ0v) is 15.7. The van der Waals surface area contributed by atoms with Crippen LogP contribution in [0.4, 0.5) is 0 Å². The Hall–Kier alpha value is -2.88. The number of benzene rings is 2. The molecule has 0 saturated heterocycles. The lowest BCUT2D eigenvalue weighted by Gasteiger charge is -2.24. The number of rotatable bonds is 5. The van der Waals surface area contributed by atoms with Crippen molar-refractivity contribution in [3.63, 3.8) is 0 Å². The van der Waals surface area contributed by atoms with Gasteiger partial charge in [0, 0.05) is 11.3 Å². The first-order valence-electron chi connectivity index (χ1n) is 9.63. The molecule has 1 amide bonds. The highest BCUT2D eigenvalue weighted by atomic mass is 16.1. The molecule has 1 atom stereocenters. The van der Waals surface area contributed by atoms with Gasteiger partial charge in [0.25, 0.3) is 0 Å². The summed E-state index contributed by atoms with van der Waals surface area (Å²) in [5.74, 6) is 0.0814. The van der Waals surface area contributed by atoms with Gasteiger partial charge in [-0.05, 0) is 42.9 Å². The minimum atomic E-state index is 0.0646. The van der Waals surface area contributed by atoms with Crippen molar-refractivity contribution in [1.82, 2.24) is 15.1 Å². The number of nitrogens with zero attached hydrogens (tertiary/aromatic N) is 2. The van der Waals surface area contributed by atoms with Crippen molar-refractivity contribution >= 4 is 5.91 Å². The minimum Gasteiger partial charge on any atom is -0.349 e. The molecule has 0 bridgehead atoms. The summed E-state index contributed by atoms with van der Waals surface area (Å²) in [4.78, 5) is 12.6. The highest BCUT2D eigenvalue weighted by Gasteiger charge is 2.25. The third-order valence-corrected chi connectivity index (χ3v) is 5.39. The number of hydrogen-bond donors (Lipinski definition) is 1. The van der Waals surface area contributed by atoms with Gasteiger partial charge in [-0.15, -0.1) is 0 Å². The van der Waals surface area contributed by atoms with Gasteiger partial charge >= 0.3 is 0 Å². The lowest BCUT2D eigenvalue weighted by molar-refractivity contribution is -0.121. The second-order valence-electron chi connectivity index (χ2n) is 7.31. The Bertz CT molecular complexity index is 930. The maximum atomic E-state index is 12.6. The molecule has 4 rings (SSSR count). The van der Waals surface area contributed by atoms with E-state index in [-0.39, 0.29) is 11.9 Å². The predicted molar refractivity (Wildman–Crippen MR) is 106 cm³/mol. The van der Waals surface area contributed by atoms with Gasteiger partial charge in [-0.25, -0.2) is 0 Å². The van der Waals surface area contributed by atoms with Gasteiger partial charge in [0.05, 0.1) is 25.2 Å². The summed E-state index contributed by atoms with van der Waals surface area (Å²) in [5.41, 5.74) is 5.93. The first kappa shape index (κ1) is 17.5. The monoisotopic (exact) mass is 359 g/mol. The van der Waals surface area contributed by atoms with E-state index in [0.717, 1.165) is 36.9 Å². The van der Waals surface area contributed by atoms with Crippen LogP contribution in [0, 0.1) is 6.92 Å². The SMILES string of the molecule is Cc1ccccc1CC(=O)N[C@@H]1CCCc2c1cnn2Cc1ccccc1. The van der Waals surface area contributed by atoms with Crippen molar-refractivity contribution in [3.05, 3.63) is 88.7 Å². The van der Waals surface area contributed by atoms with Crippen molar-refractivity contribution in [3.8, 4) is 0 Å². The van der Waals surface area contributed by atoms with E-state index in [1.54, 1.807) is 0 Å². The predicted octanol–water partition coefficient (Wildman–Crippen LogP) is 3.98. The highest BCUT2D eigenvalue weighted by molar-refractivity contribution is 5.79. The van der Waals surface area contributed by atoms with Crippen LogP contribution >= 0.6 is 0 Å². The van der Waals surface area contributed by atoms with Crippen molar-refractivity contribution in [1.29, 1.82) is 0 Å². The molecule has 1 aliphatic carbocycles. The standard InChI is InChI=1S/C23H25N3O/c1-17-8-5-6-11-19(17)14-23(27)25-21-12-7-13-22-20(21)15-24-26(22)16-18-9-3-2-4-10-18/h2-6,8-11,15,21H,7,12-14,16H2,1H3,(H,25,27)/t21-/m1/s1. The third-order valence-electron chi connectivity index (χ3n) is 5.39. The molecule has 4 nitrogen and oxygen atoms in total. The number of aryl methyl sites for hydroxylation is 1. The molecule has 1 aliphatic rings. The zero-order valence-electron chi connectivity index (χ0n) is 15.7. The van der Waals surface area contributed by atoms with Crippen molar-refractivity contribution in [2.24, 2.45) is 0 Å². The molecule has 1 N–H and O–H groups in total. The van der Waals surface area contributed by atoms with Gasteiger partial charge in [0.2, 0.25) is 5.91 Å². The fourth-order valence-corrected chi connectivity index (χ4v) is 3.89. The molecule has 0 fully saturated rings. The molecule has 0 spiro atoms. The van der Waals surface area contributed by atoms with Crippen LogP contribution in [0.15, 0.2) is 60.8 Å². The zero-order chi connectivity index (χ0) is 18.6. The van der Waals surface area contributed by atoms with Gasteiger partial charge < -0.3 is 5.32 Å². The van der Waals surface area contributed by atoms with Gasteiger partial charge in [0.1, 0.15) is 0 Å². The van der Waals surface area contributed by atoms with Crippen LogP contribution in [0.1, 0.15) is 46.8 Å². The summed E-state index contributed by atoms with van der Waals surface area (Å²) < 4.78 is 2.09. The summed E-state index contributed by atoms with van der Waals surface area (Å²) >= 11 is 0. The van der Waals surface area contributed by atoms with Crippen LogP contribution in [0.2, 0.25) is 0 Å². The summed E-state index contributed by atoms with van der Waals surface area (Å²) in [6, 6.07) is 18.5. The largest absolute Gasteiger partial charge is 0.349 e. The quantitative estimate of drug-likeness (QED) is 0.749. The van der Waals surface area contributed by atoms with Gasteiger partial charge in [-0.3, -0.25) is 9.48 Å². The van der Waals surface area contributed by atoms with Gasteiger partial charge in [-0.1, -0.05) is 54.6 Å². The molecule has 4 heteroatoms. The number of nitrogens with one attached hydrogen (secondary N) is 1. The van der Waals surface area contributed by atoms with Crippen molar-refractivity contribution in [2.75, 3.05) is 0 Å². The molecule has 1 heterocycles. The summed E-state index contributed by atoms with van der Waals surface area (Å²) in [6.45, 7) is 2.83. The number of carbonyl (C=O) groups excluding carboxylic acids is 1. The number of aromatic nitrogens is 2. The van der Waals surface area contributed by atoms with E-state index in [0.29, 0.717) is 6.42 Å². The van der Waals surface area contributed by atoms with E-state index in [1.807, 2.05) is 30.5 Å². The Labute approximate surface area is 160 Å². The topological polar surface area (TPSA) is 46.9 Å². The fourth-order valence-electron chi connectivity index (χ4n) is 3.89.